The summed E-state index contributed by atoms with van der Waals surface area (Å²) in [4.78, 5) is 24.2. The second kappa shape index (κ2) is 15.5. The molecule has 1 aliphatic rings. The number of esters is 1. The predicted molar refractivity (Wildman–Crippen MR) is 146 cm³/mol. The molecule has 1 rings (SSSR count). The first kappa shape index (κ1) is 30.6. The zero-order valence-electron chi connectivity index (χ0n) is 23.0. The lowest BCUT2D eigenvalue weighted by atomic mass is 9.83. The van der Waals surface area contributed by atoms with Crippen LogP contribution in [0, 0.1) is 23.7 Å². The summed E-state index contributed by atoms with van der Waals surface area (Å²) in [5, 5.41) is 10.7. The number of Topliss-reactive ketones (excluding diaryl/α,β-unsaturated/α-hetero) is 1. The second-order valence-electron chi connectivity index (χ2n) is 10.2. The van der Waals surface area contributed by atoms with Gasteiger partial charge in [-0.15, -0.1) is 0 Å². The molecule has 4 heteroatoms. The Balaban J connectivity index is 2.59. The van der Waals surface area contributed by atoms with E-state index in [1.54, 1.807) is 0 Å². The van der Waals surface area contributed by atoms with Gasteiger partial charge >= 0.3 is 5.97 Å². The van der Waals surface area contributed by atoms with E-state index in [4.69, 9.17) is 4.74 Å². The Hall–Kier alpha value is -2.46. The third-order valence-corrected chi connectivity index (χ3v) is 6.54. The maximum Gasteiger partial charge on any atom is 0.331 e. The normalized spacial score (nSPS) is 22.3. The Morgan fingerprint density at radius 2 is 1.77 bits per heavy atom. The van der Waals surface area contributed by atoms with Gasteiger partial charge in [0, 0.05) is 24.3 Å². The molecule has 0 aromatic rings. The zero-order valence-corrected chi connectivity index (χ0v) is 23.0. The predicted octanol–water partition coefficient (Wildman–Crippen LogP) is 7.08. The zero-order chi connectivity index (χ0) is 26.5. The van der Waals surface area contributed by atoms with E-state index in [-0.39, 0.29) is 29.7 Å². The summed E-state index contributed by atoms with van der Waals surface area (Å²) in [7, 11) is 0. The van der Waals surface area contributed by atoms with Gasteiger partial charge in [-0.2, -0.15) is 0 Å². The topological polar surface area (TPSA) is 63.6 Å². The van der Waals surface area contributed by atoms with Crippen LogP contribution in [0.3, 0.4) is 0 Å². The van der Waals surface area contributed by atoms with E-state index in [1.807, 2.05) is 65.8 Å². The number of aliphatic hydroxyl groups excluding tert-OH is 1. The van der Waals surface area contributed by atoms with Crippen molar-refractivity contribution >= 4 is 11.8 Å². The number of carbonyl (C=O) groups is 2. The van der Waals surface area contributed by atoms with Crippen LogP contribution < -0.4 is 0 Å². The number of cyclic esters (lactones) is 1. The van der Waals surface area contributed by atoms with Crippen molar-refractivity contribution < 1.29 is 19.4 Å². The van der Waals surface area contributed by atoms with Crippen molar-refractivity contribution in [3.05, 3.63) is 71.4 Å². The highest BCUT2D eigenvalue weighted by Crippen LogP contribution is 2.24. The molecule has 0 fully saturated rings. The summed E-state index contributed by atoms with van der Waals surface area (Å²) >= 11 is 0. The monoisotopic (exact) mass is 482 g/mol. The highest BCUT2D eigenvalue weighted by molar-refractivity contribution is 5.85. The Morgan fingerprint density at radius 1 is 1.11 bits per heavy atom. The number of ketones is 1. The van der Waals surface area contributed by atoms with Crippen molar-refractivity contribution in [1.29, 1.82) is 0 Å². The molecule has 194 valence electrons. The standard InChI is InChI=1S/C31H46O4/c1-9-21(2)19-25(6)30(33)27(8)31(34)26(7)20-23(4)13-10-12-22(3)18-24(5)16-17-28-14-11-15-29(32)35-28/h9-11,13,15-18,20,22,25-28,30,33H,12,14,19H2,1-8H3/b13-10?,17-16+,21-9?,23-20?,24-18?. The van der Waals surface area contributed by atoms with E-state index in [1.165, 1.54) is 11.6 Å². The minimum Gasteiger partial charge on any atom is -0.455 e. The number of hydrogen-bond acceptors (Lipinski definition) is 4. The molecule has 1 heterocycles. The minimum atomic E-state index is -0.643. The molecule has 0 saturated carbocycles. The molecule has 35 heavy (non-hydrogen) atoms. The van der Waals surface area contributed by atoms with E-state index in [2.05, 4.69) is 38.2 Å². The fourth-order valence-corrected chi connectivity index (χ4v) is 4.31. The van der Waals surface area contributed by atoms with Crippen LogP contribution in [0.25, 0.3) is 0 Å². The van der Waals surface area contributed by atoms with Gasteiger partial charge < -0.3 is 9.84 Å². The summed E-state index contributed by atoms with van der Waals surface area (Å²) in [5.74, 6) is -0.448. The molecule has 0 radical (unpaired) electrons. The third-order valence-electron chi connectivity index (χ3n) is 6.54. The molecule has 0 saturated heterocycles. The fourth-order valence-electron chi connectivity index (χ4n) is 4.31. The smallest absolute Gasteiger partial charge is 0.331 e. The molecule has 6 atom stereocenters. The lowest BCUT2D eigenvalue weighted by molar-refractivity contribution is -0.141. The molecule has 0 aromatic heterocycles. The Morgan fingerprint density at radius 3 is 2.40 bits per heavy atom. The van der Waals surface area contributed by atoms with E-state index in [9.17, 15) is 14.7 Å². The molecule has 0 amide bonds. The van der Waals surface area contributed by atoms with Crippen LogP contribution in [-0.2, 0) is 14.3 Å². The molecular formula is C31H46O4. The number of aliphatic hydroxyl groups is 1. The molecule has 1 N–H and O–H groups in total. The largest absolute Gasteiger partial charge is 0.455 e. The van der Waals surface area contributed by atoms with Crippen LogP contribution >= 0.6 is 0 Å². The van der Waals surface area contributed by atoms with E-state index in [0.717, 1.165) is 24.0 Å². The first-order valence-corrected chi connectivity index (χ1v) is 12.9. The second-order valence-corrected chi connectivity index (χ2v) is 10.2. The van der Waals surface area contributed by atoms with Gasteiger partial charge in [-0.25, -0.2) is 4.79 Å². The van der Waals surface area contributed by atoms with Crippen LogP contribution in [-0.4, -0.2) is 29.1 Å². The Kier molecular flexibility index (Phi) is 13.6. The van der Waals surface area contributed by atoms with Gasteiger partial charge in [-0.05, 0) is 58.4 Å². The van der Waals surface area contributed by atoms with Crippen LogP contribution in [0.5, 0.6) is 0 Å². The number of carbonyl (C=O) groups excluding carboxylic acids is 2. The van der Waals surface area contributed by atoms with Crippen LogP contribution in [0.1, 0.15) is 74.7 Å². The van der Waals surface area contributed by atoms with Crippen molar-refractivity contribution in [3.8, 4) is 0 Å². The average molecular weight is 483 g/mol. The van der Waals surface area contributed by atoms with Gasteiger partial charge in [0.25, 0.3) is 0 Å². The average Bonchev–Trinajstić information content (AvgIpc) is 2.81. The number of ether oxygens (including phenoxy) is 1. The Bertz CT molecular complexity index is 884. The third kappa shape index (κ3) is 11.7. The molecule has 6 unspecified atom stereocenters. The molecule has 0 aliphatic carbocycles. The summed E-state index contributed by atoms with van der Waals surface area (Å²) in [6.45, 7) is 16.0. The van der Waals surface area contributed by atoms with Gasteiger partial charge in [-0.3, -0.25) is 4.79 Å². The molecule has 0 spiro atoms. The summed E-state index contributed by atoms with van der Waals surface area (Å²) in [5.41, 5.74) is 3.41. The number of allylic oxidation sites excluding steroid dienone is 9. The van der Waals surface area contributed by atoms with Crippen LogP contribution in [0.2, 0.25) is 0 Å². The summed E-state index contributed by atoms with van der Waals surface area (Å²) in [6.07, 6.45) is 19.2. The van der Waals surface area contributed by atoms with Crippen LogP contribution in [0.4, 0.5) is 0 Å². The number of hydrogen-bond donors (Lipinski definition) is 1. The van der Waals surface area contributed by atoms with Gasteiger partial charge in [0.2, 0.25) is 0 Å². The SMILES string of the molecule is CC=C(C)CC(C)C(O)C(C)C(=O)C(C)C=C(C)C=CCC(C)C=C(C)/C=C/C1CC=CC(=O)O1. The van der Waals surface area contributed by atoms with E-state index in [0.29, 0.717) is 12.3 Å². The van der Waals surface area contributed by atoms with Crippen molar-refractivity contribution in [2.45, 2.75) is 86.9 Å². The van der Waals surface area contributed by atoms with E-state index < -0.39 is 12.0 Å². The quantitative estimate of drug-likeness (QED) is 0.173. The van der Waals surface area contributed by atoms with Crippen LogP contribution in [0.15, 0.2) is 71.4 Å². The van der Waals surface area contributed by atoms with Crippen molar-refractivity contribution in [1.82, 2.24) is 0 Å². The first-order chi connectivity index (χ1) is 16.4. The first-order valence-electron chi connectivity index (χ1n) is 12.9. The molecule has 1 aliphatic heterocycles. The van der Waals surface area contributed by atoms with Crippen molar-refractivity contribution in [3.63, 3.8) is 0 Å². The maximum absolute atomic E-state index is 12.9. The Labute approximate surface area is 213 Å². The van der Waals surface area contributed by atoms with Gasteiger partial charge in [-0.1, -0.05) is 86.9 Å². The molecular weight excluding hydrogens is 436 g/mol. The highest BCUT2D eigenvalue weighted by Gasteiger charge is 2.29. The minimum absolute atomic E-state index is 0.0460. The van der Waals surface area contributed by atoms with Crippen molar-refractivity contribution in [2.24, 2.45) is 23.7 Å². The molecule has 0 bridgehead atoms. The maximum atomic E-state index is 12.9. The lowest BCUT2D eigenvalue weighted by Gasteiger charge is -2.25. The number of rotatable bonds is 13. The van der Waals surface area contributed by atoms with Crippen molar-refractivity contribution in [2.75, 3.05) is 0 Å². The molecule has 0 aromatic carbocycles. The summed E-state index contributed by atoms with van der Waals surface area (Å²) in [6, 6.07) is 0. The van der Waals surface area contributed by atoms with Gasteiger partial charge in [0.1, 0.15) is 11.9 Å². The van der Waals surface area contributed by atoms with E-state index >= 15 is 0 Å². The fraction of sp³-hybridized carbons (Fsp3) is 0.548. The summed E-state index contributed by atoms with van der Waals surface area (Å²) < 4.78 is 5.24. The molecule has 4 nitrogen and oxygen atoms in total. The lowest BCUT2D eigenvalue weighted by Crippen LogP contribution is -2.34. The van der Waals surface area contributed by atoms with Gasteiger partial charge in [0.15, 0.2) is 0 Å². The highest BCUT2D eigenvalue weighted by atomic mass is 16.5. The van der Waals surface area contributed by atoms with Gasteiger partial charge in [0.05, 0.1) is 6.10 Å².